The van der Waals surface area contributed by atoms with E-state index >= 15 is 0 Å². The van der Waals surface area contributed by atoms with E-state index in [2.05, 4.69) is 11.4 Å². The summed E-state index contributed by atoms with van der Waals surface area (Å²) in [6.07, 6.45) is 0.661. The Kier molecular flexibility index (Phi) is 6.79. The number of hydrogen-bond donors (Lipinski definition) is 1. The number of para-hydroxylation sites is 1. The summed E-state index contributed by atoms with van der Waals surface area (Å²) in [4.78, 5) is 1.62. The van der Waals surface area contributed by atoms with Crippen molar-refractivity contribution in [1.29, 1.82) is 5.26 Å². The van der Waals surface area contributed by atoms with E-state index in [4.69, 9.17) is 5.26 Å². The normalized spacial score (nSPS) is 12.5. The minimum atomic E-state index is -1.26. The third kappa shape index (κ3) is 5.14. The van der Waals surface area contributed by atoms with Crippen LogP contribution in [0.2, 0.25) is 0 Å². The van der Waals surface area contributed by atoms with Gasteiger partial charge in [0.2, 0.25) is 0 Å². The first-order chi connectivity index (χ1) is 15.6. The van der Waals surface area contributed by atoms with E-state index in [1.54, 1.807) is 0 Å². The van der Waals surface area contributed by atoms with Crippen molar-refractivity contribution in [3.8, 4) is 6.07 Å². The summed E-state index contributed by atoms with van der Waals surface area (Å²) in [6.45, 7) is 2.03. The summed E-state index contributed by atoms with van der Waals surface area (Å²) in [5, 5.41) is 12.8. The van der Waals surface area contributed by atoms with Crippen LogP contribution < -0.4 is 5.32 Å². The van der Waals surface area contributed by atoms with Gasteiger partial charge in [-0.05, 0) is 66.9 Å². The molecule has 1 N–H and O–H groups in total. The Bertz CT molecular complexity index is 1240. The Morgan fingerprint density at radius 2 is 1.50 bits per heavy atom. The molecule has 4 rings (SSSR count). The van der Waals surface area contributed by atoms with Crippen molar-refractivity contribution in [2.24, 2.45) is 0 Å². The fourth-order valence-electron chi connectivity index (χ4n) is 3.64. The van der Waals surface area contributed by atoms with E-state index in [0.29, 0.717) is 12.0 Å². The number of nitriles is 1. The Morgan fingerprint density at radius 1 is 0.844 bits per heavy atom. The lowest BCUT2D eigenvalue weighted by atomic mass is 9.97. The van der Waals surface area contributed by atoms with E-state index in [0.717, 1.165) is 32.2 Å². The van der Waals surface area contributed by atoms with E-state index in [1.807, 2.05) is 110 Å². The number of benzene rings is 4. The van der Waals surface area contributed by atoms with Crippen molar-refractivity contribution in [2.45, 2.75) is 29.2 Å². The average Bonchev–Trinajstić information content (AvgIpc) is 2.85. The molecule has 1 unspecified atom stereocenters. The molecular formula is C28H24N2OS. The first-order valence-corrected chi connectivity index (χ1v) is 11.7. The van der Waals surface area contributed by atoms with Gasteiger partial charge in [0.15, 0.2) is 0 Å². The highest BCUT2D eigenvalue weighted by molar-refractivity contribution is 7.85. The minimum Gasteiger partial charge on any atom is -0.378 e. The van der Waals surface area contributed by atoms with Crippen LogP contribution in [0.4, 0.5) is 5.69 Å². The van der Waals surface area contributed by atoms with Gasteiger partial charge in [0.25, 0.3) is 0 Å². The van der Waals surface area contributed by atoms with E-state index in [1.165, 1.54) is 0 Å². The second-order valence-electron chi connectivity index (χ2n) is 7.69. The molecule has 0 aliphatic heterocycles. The molecular weight excluding hydrogens is 412 g/mol. The highest BCUT2D eigenvalue weighted by Crippen LogP contribution is 2.28. The molecule has 0 amide bonds. The Labute approximate surface area is 191 Å². The smallest absolute Gasteiger partial charge is 0.0991 e. The van der Waals surface area contributed by atoms with Gasteiger partial charge in [-0.2, -0.15) is 5.26 Å². The lowest BCUT2D eigenvalue weighted by Gasteiger charge is -2.22. The lowest BCUT2D eigenvalue weighted by molar-refractivity contribution is 0.680. The van der Waals surface area contributed by atoms with Crippen LogP contribution in [-0.2, 0) is 17.2 Å². The predicted octanol–water partition coefficient (Wildman–Crippen LogP) is 6.43. The number of rotatable bonds is 7. The third-order valence-corrected chi connectivity index (χ3v) is 6.89. The Morgan fingerprint density at radius 3 is 2.19 bits per heavy atom. The molecule has 0 saturated heterocycles. The van der Waals surface area contributed by atoms with Crippen LogP contribution in [0.3, 0.4) is 0 Å². The van der Waals surface area contributed by atoms with Gasteiger partial charge in [0.1, 0.15) is 0 Å². The summed E-state index contributed by atoms with van der Waals surface area (Å²) in [5.74, 6) is 0. The lowest BCUT2D eigenvalue weighted by Crippen LogP contribution is -2.15. The Hall–Kier alpha value is -3.68. The molecule has 0 spiro atoms. The van der Waals surface area contributed by atoms with Crippen molar-refractivity contribution in [3.05, 3.63) is 125 Å². The maximum absolute atomic E-state index is 13.4. The topological polar surface area (TPSA) is 52.9 Å². The van der Waals surface area contributed by atoms with E-state index in [-0.39, 0.29) is 6.04 Å². The molecule has 32 heavy (non-hydrogen) atoms. The Balaban J connectivity index is 1.68. The molecule has 2 atom stereocenters. The predicted molar refractivity (Wildman–Crippen MR) is 130 cm³/mol. The quantitative estimate of drug-likeness (QED) is 0.363. The maximum atomic E-state index is 13.4. The molecule has 0 bridgehead atoms. The van der Waals surface area contributed by atoms with Gasteiger partial charge in [0.05, 0.1) is 28.5 Å². The van der Waals surface area contributed by atoms with Crippen LogP contribution in [0.1, 0.15) is 28.3 Å². The van der Waals surface area contributed by atoms with Gasteiger partial charge < -0.3 is 5.32 Å². The number of anilines is 1. The third-order valence-electron chi connectivity index (χ3n) is 5.39. The molecule has 0 fully saturated rings. The summed E-state index contributed by atoms with van der Waals surface area (Å²) < 4.78 is 13.4. The fraction of sp³-hybridized carbons (Fsp3) is 0.107. The standard InChI is InChI=1S/C28H24N2OS/c1-21-11-17-26(18-12-21)32(31)28-10-6-5-7-24(28)19-27(30-25-8-3-2-4-9-25)23-15-13-22(20-29)14-16-23/h2-18,27,30H,19H2,1H3/t27-,32?/m0/s1. The summed E-state index contributed by atoms with van der Waals surface area (Å²) in [5.41, 5.74) is 4.90. The highest BCUT2D eigenvalue weighted by atomic mass is 32.2. The van der Waals surface area contributed by atoms with Gasteiger partial charge in [0, 0.05) is 15.5 Å². The van der Waals surface area contributed by atoms with Gasteiger partial charge in [-0.3, -0.25) is 0 Å². The van der Waals surface area contributed by atoms with Crippen LogP contribution >= 0.6 is 0 Å². The van der Waals surface area contributed by atoms with Crippen LogP contribution in [0.5, 0.6) is 0 Å². The van der Waals surface area contributed by atoms with Crippen LogP contribution in [0.15, 0.2) is 113 Å². The first-order valence-electron chi connectivity index (χ1n) is 10.5. The maximum Gasteiger partial charge on any atom is 0.0991 e. The van der Waals surface area contributed by atoms with Gasteiger partial charge >= 0.3 is 0 Å². The minimum absolute atomic E-state index is 0.0405. The van der Waals surface area contributed by atoms with Gasteiger partial charge in [-0.25, -0.2) is 4.21 Å². The van der Waals surface area contributed by atoms with Crippen molar-refractivity contribution in [2.75, 3.05) is 5.32 Å². The second-order valence-corrected chi connectivity index (χ2v) is 9.14. The van der Waals surface area contributed by atoms with E-state index in [9.17, 15) is 4.21 Å². The molecule has 0 radical (unpaired) electrons. The second kappa shape index (κ2) is 10.1. The zero-order valence-electron chi connectivity index (χ0n) is 17.9. The number of hydrogen-bond acceptors (Lipinski definition) is 3. The number of nitrogens with one attached hydrogen (secondary N) is 1. The number of nitrogens with zero attached hydrogens (tertiary/aromatic N) is 1. The fourth-order valence-corrected chi connectivity index (χ4v) is 4.87. The molecule has 158 valence electrons. The summed E-state index contributed by atoms with van der Waals surface area (Å²) >= 11 is 0. The average molecular weight is 437 g/mol. The monoisotopic (exact) mass is 436 g/mol. The zero-order chi connectivity index (χ0) is 22.3. The van der Waals surface area contributed by atoms with Gasteiger partial charge in [-0.15, -0.1) is 0 Å². The summed E-state index contributed by atoms with van der Waals surface area (Å²) in [7, 11) is -1.26. The van der Waals surface area contributed by atoms with Crippen molar-refractivity contribution in [1.82, 2.24) is 0 Å². The number of aryl methyl sites for hydroxylation is 1. The van der Waals surface area contributed by atoms with Crippen molar-refractivity contribution >= 4 is 16.5 Å². The zero-order valence-corrected chi connectivity index (χ0v) is 18.7. The van der Waals surface area contributed by atoms with Gasteiger partial charge in [-0.1, -0.05) is 66.2 Å². The molecule has 0 aliphatic rings. The molecule has 4 heteroatoms. The molecule has 0 heterocycles. The van der Waals surface area contributed by atoms with Crippen LogP contribution in [0, 0.1) is 18.3 Å². The highest BCUT2D eigenvalue weighted by Gasteiger charge is 2.18. The SMILES string of the molecule is Cc1ccc(S(=O)c2ccccc2C[C@H](Nc2ccccc2)c2ccc(C#N)cc2)cc1. The molecule has 0 aromatic heterocycles. The van der Waals surface area contributed by atoms with Crippen molar-refractivity contribution in [3.63, 3.8) is 0 Å². The largest absolute Gasteiger partial charge is 0.378 e. The summed E-state index contributed by atoms with van der Waals surface area (Å²) in [6, 6.07) is 35.6. The van der Waals surface area contributed by atoms with Crippen molar-refractivity contribution < 1.29 is 4.21 Å². The molecule has 0 saturated carbocycles. The van der Waals surface area contributed by atoms with Crippen LogP contribution in [0.25, 0.3) is 0 Å². The molecule has 0 aliphatic carbocycles. The molecule has 4 aromatic rings. The first kappa shape index (κ1) is 21.5. The van der Waals surface area contributed by atoms with Crippen LogP contribution in [-0.4, -0.2) is 4.21 Å². The molecule has 4 aromatic carbocycles. The van der Waals surface area contributed by atoms with E-state index < -0.39 is 10.8 Å². The molecule has 3 nitrogen and oxygen atoms in total.